The van der Waals surface area contributed by atoms with Gasteiger partial charge in [-0.1, -0.05) is 23.8 Å². The molecule has 0 spiro atoms. The number of fused-ring (bicyclic) bond motifs is 1. The molecule has 2 rings (SSSR count). The highest BCUT2D eigenvalue weighted by atomic mass is 35.5. The minimum absolute atomic E-state index is 0.338. The number of aromatic nitrogens is 1. The van der Waals surface area contributed by atoms with Gasteiger partial charge in [0.25, 0.3) is 0 Å². The van der Waals surface area contributed by atoms with Crippen molar-refractivity contribution < 1.29 is 0 Å². The normalized spacial score (nSPS) is 10.4. The highest BCUT2D eigenvalue weighted by Gasteiger charge is 2.06. The van der Waals surface area contributed by atoms with Crippen molar-refractivity contribution in [2.75, 3.05) is 0 Å². The van der Waals surface area contributed by atoms with Gasteiger partial charge in [0, 0.05) is 17.1 Å². The highest BCUT2D eigenvalue weighted by Crippen LogP contribution is 2.24. The first-order valence-corrected chi connectivity index (χ1v) is 4.82. The zero-order chi connectivity index (χ0) is 10.1. The summed E-state index contributed by atoms with van der Waals surface area (Å²) >= 11 is 10.9. The number of rotatable bonds is 1. The smallest absolute Gasteiger partial charge is 0.106 e. The van der Waals surface area contributed by atoms with E-state index >= 15 is 0 Å². The number of hydrogen-bond acceptors (Lipinski definition) is 2. The Morgan fingerprint density at radius 3 is 2.86 bits per heavy atom. The van der Waals surface area contributed by atoms with Crippen LogP contribution in [0.4, 0.5) is 0 Å². The molecule has 0 fully saturated rings. The van der Waals surface area contributed by atoms with Crippen LogP contribution in [0.5, 0.6) is 0 Å². The molecule has 0 saturated heterocycles. The fourth-order valence-corrected chi connectivity index (χ4v) is 1.72. The summed E-state index contributed by atoms with van der Waals surface area (Å²) in [7, 11) is 0. The van der Waals surface area contributed by atoms with E-state index in [1.807, 2.05) is 12.1 Å². The molecule has 0 unspecified atom stereocenters. The predicted molar refractivity (Wildman–Crippen MR) is 62.6 cm³/mol. The summed E-state index contributed by atoms with van der Waals surface area (Å²) in [6.45, 7) is 0. The van der Waals surface area contributed by atoms with Gasteiger partial charge < -0.3 is 5.73 Å². The van der Waals surface area contributed by atoms with Gasteiger partial charge in [0.15, 0.2) is 0 Å². The molecule has 0 aliphatic carbocycles. The summed E-state index contributed by atoms with van der Waals surface area (Å²) in [6, 6.07) is 7.30. The largest absolute Gasteiger partial charge is 0.389 e. The zero-order valence-electron chi connectivity index (χ0n) is 7.20. The van der Waals surface area contributed by atoms with Crippen LogP contribution in [0.2, 0.25) is 5.02 Å². The molecule has 0 radical (unpaired) electrons. The molecule has 1 heterocycles. The SMILES string of the molecule is NC(=S)c1ccc(Cl)c2cccnc12. The maximum absolute atomic E-state index is 6.01. The Kier molecular flexibility index (Phi) is 2.35. The van der Waals surface area contributed by atoms with Crippen molar-refractivity contribution in [1.29, 1.82) is 0 Å². The number of benzene rings is 1. The van der Waals surface area contributed by atoms with E-state index in [0.29, 0.717) is 10.0 Å². The van der Waals surface area contributed by atoms with Gasteiger partial charge in [-0.05, 0) is 24.3 Å². The Morgan fingerprint density at radius 2 is 2.14 bits per heavy atom. The van der Waals surface area contributed by atoms with Crippen LogP contribution in [0.25, 0.3) is 10.9 Å². The summed E-state index contributed by atoms with van der Waals surface area (Å²) in [5, 5.41) is 1.53. The molecule has 70 valence electrons. The molecule has 0 amide bonds. The van der Waals surface area contributed by atoms with Gasteiger partial charge >= 0.3 is 0 Å². The van der Waals surface area contributed by atoms with E-state index in [9.17, 15) is 0 Å². The molecule has 2 N–H and O–H groups in total. The van der Waals surface area contributed by atoms with E-state index in [0.717, 1.165) is 16.5 Å². The molecule has 2 nitrogen and oxygen atoms in total. The first-order valence-electron chi connectivity index (χ1n) is 4.03. The third-order valence-corrected chi connectivity index (χ3v) is 2.53. The standard InChI is InChI=1S/C10H7ClN2S/c11-8-4-3-7(10(12)14)9-6(8)2-1-5-13-9/h1-5H,(H2,12,14). The summed E-state index contributed by atoms with van der Waals surface area (Å²) < 4.78 is 0. The Balaban J connectivity index is 2.88. The monoisotopic (exact) mass is 222 g/mol. The van der Waals surface area contributed by atoms with Crippen molar-refractivity contribution in [2.45, 2.75) is 0 Å². The predicted octanol–water partition coefficient (Wildman–Crippen LogP) is 2.52. The van der Waals surface area contributed by atoms with Crippen molar-refractivity contribution in [3.05, 3.63) is 41.0 Å². The third kappa shape index (κ3) is 1.45. The molecule has 1 aromatic carbocycles. The lowest BCUT2D eigenvalue weighted by Gasteiger charge is -2.04. The third-order valence-electron chi connectivity index (χ3n) is 1.98. The first-order chi connectivity index (χ1) is 6.70. The van der Waals surface area contributed by atoms with Crippen LogP contribution < -0.4 is 5.73 Å². The van der Waals surface area contributed by atoms with Crippen molar-refractivity contribution in [3.63, 3.8) is 0 Å². The number of nitrogens with two attached hydrogens (primary N) is 1. The number of nitrogens with zero attached hydrogens (tertiary/aromatic N) is 1. The molecule has 4 heteroatoms. The summed E-state index contributed by atoms with van der Waals surface area (Å²) in [4.78, 5) is 4.55. The van der Waals surface area contributed by atoms with E-state index in [1.165, 1.54) is 0 Å². The van der Waals surface area contributed by atoms with Crippen LogP contribution in [0.1, 0.15) is 5.56 Å². The van der Waals surface area contributed by atoms with Gasteiger partial charge in [0.2, 0.25) is 0 Å². The molecule has 0 atom stereocenters. The van der Waals surface area contributed by atoms with Crippen molar-refractivity contribution in [1.82, 2.24) is 4.98 Å². The van der Waals surface area contributed by atoms with Gasteiger partial charge in [0.05, 0.1) is 10.5 Å². The second kappa shape index (κ2) is 3.52. The Morgan fingerprint density at radius 1 is 1.36 bits per heavy atom. The fraction of sp³-hybridized carbons (Fsp3) is 0. The molecule has 0 aliphatic heterocycles. The maximum Gasteiger partial charge on any atom is 0.106 e. The first kappa shape index (κ1) is 9.37. The maximum atomic E-state index is 6.01. The van der Waals surface area contributed by atoms with Crippen molar-refractivity contribution >= 4 is 39.7 Å². The van der Waals surface area contributed by atoms with Crippen LogP contribution in [0, 0.1) is 0 Å². The average molecular weight is 223 g/mol. The van der Waals surface area contributed by atoms with Gasteiger partial charge in [-0.25, -0.2) is 0 Å². The lowest BCUT2D eigenvalue weighted by Crippen LogP contribution is -2.10. The van der Waals surface area contributed by atoms with Gasteiger partial charge in [-0.2, -0.15) is 0 Å². The molecular formula is C10H7ClN2S. The Bertz CT molecular complexity index is 510. The average Bonchev–Trinajstić information content (AvgIpc) is 2.18. The van der Waals surface area contributed by atoms with Crippen LogP contribution in [-0.2, 0) is 0 Å². The molecule has 1 aromatic heterocycles. The minimum Gasteiger partial charge on any atom is -0.389 e. The number of halogens is 1. The summed E-state index contributed by atoms with van der Waals surface area (Å²) in [6.07, 6.45) is 1.69. The van der Waals surface area contributed by atoms with E-state index < -0.39 is 0 Å². The molecular weight excluding hydrogens is 216 g/mol. The fourth-order valence-electron chi connectivity index (χ4n) is 1.34. The number of thiocarbonyl (C=S) groups is 1. The topological polar surface area (TPSA) is 38.9 Å². The molecule has 2 aromatic rings. The highest BCUT2D eigenvalue weighted by molar-refractivity contribution is 7.80. The summed E-state index contributed by atoms with van der Waals surface area (Å²) in [5.41, 5.74) is 7.10. The Hall–Kier alpha value is -1.19. The van der Waals surface area contributed by atoms with E-state index in [4.69, 9.17) is 29.6 Å². The minimum atomic E-state index is 0.338. The van der Waals surface area contributed by atoms with Crippen LogP contribution in [-0.4, -0.2) is 9.97 Å². The number of hydrogen-bond donors (Lipinski definition) is 1. The quantitative estimate of drug-likeness (QED) is 0.754. The molecule has 0 aliphatic rings. The van der Waals surface area contributed by atoms with Crippen LogP contribution in [0.3, 0.4) is 0 Å². The summed E-state index contributed by atoms with van der Waals surface area (Å²) in [5.74, 6) is 0. The zero-order valence-corrected chi connectivity index (χ0v) is 8.77. The van der Waals surface area contributed by atoms with Gasteiger partial charge in [0.1, 0.15) is 4.99 Å². The van der Waals surface area contributed by atoms with Crippen molar-refractivity contribution in [2.24, 2.45) is 5.73 Å². The molecule has 0 bridgehead atoms. The van der Waals surface area contributed by atoms with Crippen LogP contribution in [0.15, 0.2) is 30.5 Å². The van der Waals surface area contributed by atoms with E-state index in [1.54, 1.807) is 18.3 Å². The van der Waals surface area contributed by atoms with Gasteiger partial charge in [-0.3, -0.25) is 4.98 Å². The second-order valence-electron chi connectivity index (χ2n) is 2.86. The Labute approximate surface area is 91.7 Å². The van der Waals surface area contributed by atoms with Crippen LogP contribution >= 0.6 is 23.8 Å². The van der Waals surface area contributed by atoms with E-state index in [2.05, 4.69) is 4.98 Å². The molecule has 14 heavy (non-hydrogen) atoms. The molecule has 0 saturated carbocycles. The van der Waals surface area contributed by atoms with Gasteiger partial charge in [-0.15, -0.1) is 0 Å². The number of pyridine rings is 1. The lowest BCUT2D eigenvalue weighted by molar-refractivity contribution is 1.40. The van der Waals surface area contributed by atoms with Crippen molar-refractivity contribution in [3.8, 4) is 0 Å². The second-order valence-corrected chi connectivity index (χ2v) is 3.71. The lowest BCUT2D eigenvalue weighted by atomic mass is 10.1. The van der Waals surface area contributed by atoms with E-state index in [-0.39, 0.29) is 0 Å².